The van der Waals surface area contributed by atoms with Crippen molar-refractivity contribution in [3.63, 3.8) is 0 Å². The van der Waals surface area contributed by atoms with Crippen LogP contribution in [-0.2, 0) is 6.42 Å². The Morgan fingerprint density at radius 1 is 1.19 bits per heavy atom. The Labute approximate surface area is 94.6 Å². The maximum Gasteiger partial charge on any atom is 0.136 e. The number of nitrogens with two attached hydrogens (primary N) is 1. The highest BCUT2D eigenvalue weighted by molar-refractivity contribution is 5.40. The molecule has 2 N–H and O–H groups in total. The van der Waals surface area contributed by atoms with Crippen LogP contribution in [0.2, 0.25) is 0 Å². The quantitative estimate of drug-likeness (QED) is 0.825. The molecular weight excluding hydrogens is 200 g/mol. The first-order chi connectivity index (χ1) is 7.66. The van der Waals surface area contributed by atoms with Crippen molar-refractivity contribution >= 4 is 5.82 Å². The van der Waals surface area contributed by atoms with Gasteiger partial charge in [0.2, 0.25) is 0 Å². The number of aromatic nitrogens is 3. The number of aryl methyl sites for hydroxylation is 1. The normalized spacial score (nSPS) is 10.4. The van der Waals surface area contributed by atoms with Gasteiger partial charge in [-0.2, -0.15) is 0 Å². The Bertz CT molecular complexity index is 471. The summed E-state index contributed by atoms with van der Waals surface area (Å²) in [6.45, 7) is 3.87. The monoisotopic (exact) mass is 214 g/mol. The molecule has 0 saturated heterocycles. The fourth-order valence-electron chi connectivity index (χ4n) is 1.45. The summed E-state index contributed by atoms with van der Waals surface area (Å²) in [5.41, 5.74) is 8.63. The Balaban J connectivity index is 2.29. The zero-order valence-electron chi connectivity index (χ0n) is 9.44. The third kappa shape index (κ3) is 2.16. The van der Waals surface area contributed by atoms with Crippen molar-refractivity contribution in [2.24, 2.45) is 0 Å². The zero-order chi connectivity index (χ0) is 11.5. The molecule has 0 aliphatic carbocycles. The highest BCUT2D eigenvalue weighted by Gasteiger charge is 2.06. The first kappa shape index (κ1) is 10.5. The summed E-state index contributed by atoms with van der Waals surface area (Å²) >= 11 is 0. The molecule has 82 valence electrons. The van der Waals surface area contributed by atoms with Gasteiger partial charge in [-0.3, -0.25) is 4.98 Å². The SMILES string of the molecule is Cc1nc(Cc2ccccn2)nc(N)c1C. The zero-order valence-corrected chi connectivity index (χ0v) is 9.44. The van der Waals surface area contributed by atoms with Crippen LogP contribution in [0, 0.1) is 13.8 Å². The van der Waals surface area contributed by atoms with E-state index >= 15 is 0 Å². The summed E-state index contributed by atoms with van der Waals surface area (Å²) < 4.78 is 0. The summed E-state index contributed by atoms with van der Waals surface area (Å²) in [4.78, 5) is 12.9. The van der Waals surface area contributed by atoms with Crippen molar-refractivity contribution in [3.05, 3.63) is 47.2 Å². The van der Waals surface area contributed by atoms with Gasteiger partial charge >= 0.3 is 0 Å². The van der Waals surface area contributed by atoms with Crippen molar-refractivity contribution in [1.29, 1.82) is 0 Å². The van der Waals surface area contributed by atoms with Gasteiger partial charge in [0.05, 0.1) is 6.42 Å². The Morgan fingerprint density at radius 2 is 2.00 bits per heavy atom. The maximum atomic E-state index is 5.80. The molecule has 2 heterocycles. The van der Waals surface area contributed by atoms with E-state index in [2.05, 4.69) is 15.0 Å². The van der Waals surface area contributed by atoms with Crippen molar-refractivity contribution in [3.8, 4) is 0 Å². The van der Waals surface area contributed by atoms with Gasteiger partial charge in [0.25, 0.3) is 0 Å². The van der Waals surface area contributed by atoms with Gasteiger partial charge in [0.15, 0.2) is 0 Å². The second-order valence-corrected chi connectivity index (χ2v) is 3.73. The van der Waals surface area contributed by atoms with Crippen LogP contribution in [-0.4, -0.2) is 15.0 Å². The van der Waals surface area contributed by atoms with Gasteiger partial charge in [-0.1, -0.05) is 6.07 Å². The number of hydrogen-bond acceptors (Lipinski definition) is 4. The van der Waals surface area contributed by atoms with Gasteiger partial charge in [-0.05, 0) is 26.0 Å². The third-order valence-corrected chi connectivity index (χ3v) is 2.54. The molecule has 2 rings (SSSR count). The first-order valence-electron chi connectivity index (χ1n) is 5.16. The molecule has 2 aromatic heterocycles. The lowest BCUT2D eigenvalue weighted by atomic mass is 10.2. The molecule has 0 unspecified atom stereocenters. The molecule has 0 atom stereocenters. The molecule has 0 aliphatic heterocycles. The van der Waals surface area contributed by atoms with Crippen LogP contribution < -0.4 is 5.73 Å². The van der Waals surface area contributed by atoms with Crippen LogP contribution in [0.5, 0.6) is 0 Å². The minimum Gasteiger partial charge on any atom is -0.383 e. The van der Waals surface area contributed by atoms with Crippen LogP contribution in [0.15, 0.2) is 24.4 Å². The summed E-state index contributed by atoms with van der Waals surface area (Å²) in [6, 6.07) is 5.79. The van der Waals surface area contributed by atoms with E-state index in [-0.39, 0.29) is 0 Å². The van der Waals surface area contributed by atoms with Crippen LogP contribution in [0.1, 0.15) is 22.8 Å². The van der Waals surface area contributed by atoms with E-state index in [0.29, 0.717) is 12.2 Å². The summed E-state index contributed by atoms with van der Waals surface area (Å²) in [6.07, 6.45) is 2.38. The Hall–Kier alpha value is -1.97. The standard InChI is InChI=1S/C12H14N4/c1-8-9(2)15-11(16-12(8)13)7-10-5-3-4-6-14-10/h3-6H,7H2,1-2H3,(H2,13,15,16). The Morgan fingerprint density at radius 3 is 2.62 bits per heavy atom. The molecule has 0 aliphatic rings. The van der Waals surface area contributed by atoms with Crippen LogP contribution >= 0.6 is 0 Å². The lowest BCUT2D eigenvalue weighted by molar-refractivity contribution is 0.910. The summed E-state index contributed by atoms with van der Waals surface area (Å²) in [5, 5.41) is 0. The molecule has 4 nitrogen and oxygen atoms in total. The topological polar surface area (TPSA) is 64.7 Å². The molecule has 0 aromatic carbocycles. The second kappa shape index (κ2) is 4.26. The molecule has 2 aromatic rings. The average molecular weight is 214 g/mol. The van der Waals surface area contributed by atoms with E-state index in [1.165, 1.54) is 0 Å². The molecule has 0 fully saturated rings. The van der Waals surface area contributed by atoms with E-state index in [0.717, 1.165) is 22.8 Å². The van der Waals surface area contributed by atoms with E-state index in [1.54, 1.807) is 6.20 Å². The first-order valence-corrected chi connectivity index (χ1v) is 5.16. The van der Waals surface area contributed by atoms with E-state index in [4.69, 9.17) is 5.73 Å². The predicted octanol–water partition coefficient (Wildman–Crippen LogP) is 1.66. The van der Waals surface area contributed by atoms with E-state index in [9.17, 15) is 0 Å². The molecule has 16 heavy (non-hydrogen) atoms. The fraction of sp³-hybridized carbons (Fsp3) is 0.250. The minimum atomic E-state index is 0.554. The van der Waals surface area contributed by atoms with Crippen molar-refractivity contribution in [2.45, 2.75) is 20.3 Å². The van der Waals surface area contributed by atoms with Gasteiger partial charge in [0, 0.05) is 23.1 Å². The number of pyridine rings is 1. The predicted molar refractivity (Wildman–Crippen MR) is 63.0 cm³/mol. The molecule has 0 saturated carbocycles. The molecule has 0 spiro atoms. The number of nitrogen functional groups attached to an aromatic ring is 1. The van der Waals surface area contributed by atoms with Gasteiger partial charge in [-0.15, -0.1) is 0 Å². The fourth-order valence-corrected chi connectivity index (χ4v) is 1.45. The van der Waals surface area contributed by atoms with Crippen molar-refractivity contribution < 1.29 is 0 Å². The Kier molecular flexibility index (Phi) is 2.81. The molecular formula is C12H14N4. The summed E-state index contributed by atoms with van der Waals surface area (Å²) in [5.74, 6) is 1.28. The summed E-state index contributed by atoms with van der Waals surface area (Å²) in [7, 11) is 0. The molecule has 0 radical (unpaired) electrons. The van der Waals surface area contributed by atoms with Crippen molar-refractivity contribution in [1.82, 2.24) is 15.0 Å². The maximum absolute atomic E-state index is 5.80. The van der Waals surface area contributed by atoms with Gasteiger partial charge in [-0.25, -0.2) is 9.97 Å². The highest BCUT2D eigenvalue weighted by atomic mass is 15.0. The van der Waals surface area contributed by atoms with Crippen LogP contribution in [0.25, 0.3) is 0 Å². The van der Waals surface area contributed by atoms with Gasteiger partial charge < -0.3 is 5.73 Å². The minimum absolute atomic E-state index is 0.554. The lowest BCUT2D eigenvalue weighted by Gasteiger charge is -2.06. The largest absolute Gasteiger partial charge is 0.383 e. The second-order valence-electron chi connectivity index (χ2n) is 3.73. The molecule has 0 bridgehead atoms. The molecule has 0 amide bonds. The van der Waals surface area contributed by atoms with Crippen molar-refractivity contribution in [2.75, 3.05) is 5.73 Å². The van der Waals surface area contributed by atoms with E-state index in [1.807, 2.05) is 32.0 Å². The number of hydrogen-bond donors (Lipinski definition) is 1. The number of nitrogens with zero attached hydrogens (tertiary/aromatic N) is 3. The molecule has 4 heteroatoms. The smallest absolute Gasteiger partial charge is 0.136 e. The lowest BCUT2D eigenvalue weighted by Crippen LogP contribution is -2.06. The highest BCUT2D eigenvalue weighted by Crippen LogP contribution is 2.12. The van der Waals surface area contributed by atoms with Crippen LogP contribution in [0.4, 0.5) is 5.82 Å². The van der Waals surface area contributed by atoms with Crippen LogP contribution in [0.3, 0.4) is 0 Å². The average Bonchev–Trinajstić information content (AvgIpc) is 2.27. The number of rotatable bonds is 2. The van der Waals surface area contributed by atoms with Gasteiger partial charge in [0.1, 0.15) is 11.6 Å². The number of anilines is 1. The third-order valence-electron chi connectivity index (χ3n) is 2.54. The van der Waals surface area contributed by atoms with E-state index < -0.39 is 0 Å².